The Balaban J connectivity index is 1.72. The van der Waals surface area contributed by atoms with Crippen LogP contribution in [0.15, 0.2) is 54.6 Å². The zero-order chi connectivity index (χ0) is 16.3. The molecule has 1 aliphatic heterocycles. The molecule has 1 fully saturated rings. The number of rotatable bonds is 4. The van der Waals surface area contributed by atoms with Gasteiger partial charge in [0, 0.05) is 0 Å². The van der Waals surface area contributed by atoms with Gasteiger partial charge in [0.25, 0.3) is 0 Å². The van der Waals surface area contributed by atoms with Crippen LogP contribution in [0.25, 0.3) is 0 Å². The molecule has 2 aromatic rings. The van der Waals surface area contributed by atoms with Crippen molar-refractivity contribution in [2.75, 3.05) is 0 Å². The van der Waals surface area contributed by atoms with Crippen LogP contribution in [-0.4, -0.2) is 20.6 Å². The molecule has 0 saturated carbocycles. The molecular weight excluding hydrogens is 347 g/mol. The average molecular weight is 373 g/mol. The first kappa shape index (κ1) is 16.8. The summed E-state index contributed by atoms with van der Waals surface area (Å²) in [5.41, 5.74) is 2.48. The van der Waals surface area contributed by atoms with E-state index in [-0.39, 0.29) is 11.2 Å². The second-order valence-corrected chi connectivity index (χ2v) is 9.30. The number of hydrogen-bond acceptors (Lipinski definition) is 1. The van der Waals surface area contributed by atoms with Crippen LogP contribution in [0.2, 0.25) is 5.32 Å². The van der Waals surface area contributed by atoms with Crippen molar-refractivity contribution in [2.45, 2.75) is 56.6 Å². The molecule has 0 spiro atoms. The summed E-state index contributed by atoms with van der Waals surface area (Å²) < 4.78 is 8.19. The van der Waals surface area contributed by atoms with E-state index in [1.807, 2.05) is 0 Å². The zero-order valence-electron chi connectivity index (χ0n) is 14.3. The van der Waals surface area contributed by atoms with Crippen LogP contribution < -0.4 is 4.46 Å². The van der Waals surface area contributed by atoms with Gasteiger partial charge in [0.15, 0.2) is 0 Å². The maximum absolute atomic E-state index is 6.72. The van der Waals surface area contributed by atoms with E-state index in [4.69, 9.17) is 4.74 Å². The van der Waals surface area contributed by atoms with E-state index < -0.39 is 0 Å². The Hall–Kier alpha value is -1.08. The minimum atomic E-state index is -0.145. The topological polar surface area (TPSA) is 9.23 Å². The fourth-order valence-corrected chi connectivity index (χ4v) is 5.56. The number of aryl methyl sites for hydroxylation is 1. The van der Waals surface area contributed by atoms with Crippen LogP contribution in [0.1, 0.15) is 44.2 Å². The molecule has 0 aliphatic carbocycles. The van der Waals surface area contributed by atoms with Gasteiger partial charge in [-0.15, -0.1) is 0 Å². The van der Waals surface area contributed by atoms with Gasteiger partial charge >= 0.3 is 146 Å². The summed E-state index contributed by atoms with van der Waals surface area (Å²) in [4.78, 5) is 0. The summed E-state index contributed by atoms with van der Waals surface area (Å²) in [6.45, 7) is 6.72. The molecule has 0 N–H and O–H groups in total. The molecular formula is C21H26OSe. The Morgan fingerprint density at radius 2 is 1.65 bits per heavy atom. The average Bonchev–Trinajstić information content (AvgIpc) is 2.54. The standard InChI is InChI=1S/C21H26OSe/c1-17-10-12-18(13-11-17)21(3)15-7-14-20(2,22-21)16-23-19-8-5-4-6-9-19/h4-6,8-13H,7,14-16H2,1-3H3/t20-,21+/m1/s1. The van der Waals surface area contributed by atoms with Gasteiger partial charge < -0.3 is 0 Å². The number of ether oxygens (including phenoxy) is 1. The van der Waals surface area contributed by atoms with E-state index in [9.17, 15) is 0 Å². The molecule has 0 amide bonds. The molecule has 1 heterocycles. The quantitative estimate of drug-likeness (QED) is 0.711. The van der Waals surface area contributed by atoms with Crippen LogP contribution >= 0.6 is 0 Å². The molecule has 0 bridgehead atoms. The Labute approximate surface area is 146 Å². The second kappa shape index (κ2) is 6.81. The summed E-state index contributed by atoms with van der Waals surface area (Å²) in [7, 11) is 0. The Kier molecular flexibility index (Phi) is 4.96. The Morgan fingerprint density at radius 1 is 0.957 bits per heavy atom. The van der Waals surface area contributed by atoms with E-state index in [0.29, 0.717) is 15.0 Å². The third kappa shape index (κ3) is 4.06. The molecule has 0 unspecified atom stereocenters. The first-order chi connectivity index (χ1) is 11.0. The molecule has 2 atom stereocenters. The fourth-order valence-electron chi connectivity index (χ4n) is 3.41. The van der Waals surface area contributed by atoms with E-state index in [2.05, 4.69) is 75.4 Å². The van der Waals surface area contributed by atoms with Gasteiger partial charge in [-0.25, -0.2) is 0 Å². The van der Waals surface area contributed by atoms with Crippen molar-refractivity contribution < 1.29 is 4.74 Å². The van der Waals surface area contributed by atoms with E-state index in [0.717, 1.165) is 11.7 Å². The van der Waals surface area contributed by atoms with Crippen molar-refractivity contribution in [3.63, 3.8) is 0 Å². The molecule has 0 radical (unpaired) electrons. The summed E-state index contributed by atoms with van der Waals surface area (Å²) >= 11 is 0.474. The molecule has 1 nitrogen and oxygen atoms in total. The predicted molar refractivity (Wildman–Crippen MR) is 98.5 cm³/mol. The number of benzene rings is 2. The van der Waals surface area contributed by atoms with Gasteiger partial charge in [0.1, 0.15) is 0 Å². The van der Waals surface area contributed by atoms with Crippen molar-refractivity contribution >= 4 is 19.4 Å². The first-order valence-corrected chi connectivity index (χ1v) is 10.5. The molecule has 122 valence electrons. The maximum atomic E-state index is 6.72. The van der Waals surface area contributed by atoms with Gasteiger partial charge in [0.2, 0.25) is 0 Å². The van der Waals surface area contributed by atoms with Gasteiger partial charge in [0.05, 0.1) is 0 Å². The molecule has 2 aromatic carbocycles. The van der Waals surface area contributed by atoms with Crippen molar-refractivity contribution in [3.8, 4) is 0 Å². The van der Waals surface area contributed by atoms with Crippen molar-refractivity contribution in [3.05, 3.63) is 65.7 Å². The van der Waals surface area contributed by atoms with Crippen molar-refractivity contribution in [1.82, 2.24) is 0 Å². The fraction of sp³-hybridized carbons (Fsp3) is 0.429. The van der Waals surface area contributed by atoms with Crippen LogP contribution in [-0.2, 0) is 10.3 Å². The number of hydrogen-bond donors (Lipinski definition) is 0. The Bertz CT molecular complexity index is 637. The van der Waals surface area contributed by atoms with Crippen LogP contribution in [0.5, 0.6) is 0 Å². The monoisotopic (exact) mass is 374 g/mol. The summed E-state index contributed by atoms with van der Waals surface area (Å²) in [5.74, 6) is 0. The SMILES string of the molecule is Cc1ccc([C@]2(C)CCC[C@](C)(C[Se]c3ccccc3)O2)cc1. The molecule has 3 rings (SSSR count). The molecule has 2 heteroatoms. The van der Waals surface area contributed by atoms with Crippen LogP contribution in [0.4, 0.5) is 0 Å². The summed E-state index contributed by atoms with van der Waals surface area (Å²) in [5, 5.41) is 1.14. The predicted octanol–water partition coefficient (Wildman–Crippen LogP) is 4.62. The minimum absolute atomic E-state index is 0.00622. The first-order valence-electron chi connectivity index (χ1n) is 8.44. The summed E-state index contributed by atoms with van der Waals surface area (Å²) in [6, 6.07) is 19.7. The van der Waals surface area contributed by atoms with Gasteiger partial charge in [-0.3, -0.25) is 0 Å². The molecule has 1 aliphatic rings. The van der Waals surface area contributed by atoms with Gasteiger partial charge in [-0.05, 0) is 0 Å². The Morgan fingerprint density at radius 3 is 2.35 bits per heavy atom. The van der Waals surface area contributed by atoms with Crippen molar-refractivity contribution in [2.24, 2.45) is 0 Å². The normalized spacial score (nSPS) is 27.8. The van der Waals surface area contributed by atoms with Crippen LogP contribution in [0, 0.1) is 6.92 Å². The molecule has 1 saturated heterocycles. The van der Waals surface area contributed by atoms with Crippen LogP contribution in [0.3, 0.4) is 0 Å². The molecule has 0 aromatic heterocycles. The zero-order valence-corrected chi connectivity index (χ0v) is 16.1. The van der Waals surface area contributed by atoms with Gasteiger partial charge in [-0.1, -0.05) is 0 Å². The molecule has 23 heavy (non-hydrogen) atoms. The summed E-state index contributed by atoms with van der Waals surface area (Å²) in [6.07, 6.45) is 3.53. The van der Waals surface area contributed by atoms with E-state index in [1.54, 1.807) is 0 Å². The van der Waals surface area contributed by atoms with Gasteiger partial charge in [-0.2, -0.15) is 0 Å². The van der Waals surface area contributed by atoms with Crippen molar-refractivity contribution in [1.29, 1.82) is 0 Å². The third-order valence-corrected chi connectivity index (χ3v) is 7.64. The van der Waals surface area contributed by atoms with E-state index in [1.165, 1.54) is 28.4 Å². The third-order valence-electron chi connectivity index (χ3n) is 4.78. The van der Waals surface area contributed by atoms with E-state index >= 15 is 0 Å². The second-order valence-electron chi connectivity index (χ2n) is 7.10.